The predicted molar refractivity (Wildman–Crippen MR) is 127 cm³/mol. The van der Waals surface area contributed by atoms with Crippen LogP contribution >= 0.6 is 0 Å². The number of ether oxygens (including phenoxy) is 1. The summed E-state index contributed by atoms with van der Waals surface area (Å²) in [4.78, 5) is 51.3. The Morgan fingerprint density at radius 3 is 2.31 bits per heavy atom. The zero-order chi connectivity index (χ0) is 24.7. The number of phenols is 1. The van der Waals surface area contributed by atoms with Crippen molar-refractivity contribution in [3.8, 4) is 5.75 Å². The Bertz CT molecular complexity index is 1550. The highest BCUT2D eigenvalue weighted by molar-refractivity contribution is 6.34. The van der Waals surface area contributed by atoms with E-state index in [0.29, 0.717) is 34.1 Å². The maximum Gasteiger partial charge on any atom is 0.338 e. The molecular formula is C27H19NO7. The molecule has 8 nitrogen and oxygen atoms in total. The number of anilines is 1. The van der Waals surface area contributed by atoms with Gasteiger partial charge in [0.25, 0.3) is 11.8 Å². The van der Waals surface area contributed by atoms with Gasteiger partial charge in [-0.2, -0.15) is 0 Å². The molecule has 1 aromatic heterocycles. The third-order valence-electron chi connectivity index (χ3n) is 5.90. The Balaban J connectivity index is 1.40. The van der Waals surface area contributed by atoms with Gasteiger partial charge in [-0.15, -0.1) is 0 Å². The fourth-order valence-corrected chi connectivity index (χ4v) is 4.13. The van der Waals surface area contributed by atoms with Gasteiger partial charge in [0.05, 0.1) is 22.4 Å². The van der Waals surface area contributed by atoms with Crippen LogP contribution in [0.15, 0.2) is 75.9 Å². The number of amides is 2. The maximum absolute atomic E-state index is 12.8. The van der Waals surface area contributed by atoms with Gasteiger partial charge in [0.1, 0.15) is 17.9 Å². The van der Waals surface area contributed by atoms with Crippen molar-refractivity contribution in [1.29, 1.82) is 0 Å². The first-order valence-electron chi connectivity index (χ1n) is 10.9. The van der Waals surface area contributed by atoms with Crippen molar-refractivity contribution < 1.29 is 28.6 Å². The largest absolute Gasteiger partial charge is 0.508 e. The van der Waals surface area contributed by atoms with Crippen LogP contribution in [0.3, 0.4) is 0 Å². The summed E-state index contributed by atoms with van der Waals surface area (Å²) in [6.07, 6.45) is 0.560. The second kappa shape index (κ2) is 8.57. The molecule has 0 spiro atoms. The first kappa shape index (κ1) is 22.1. The number of carbonyl (C=O) groups excluding carboxylic acids is 3. The number of nitrogens with zero attached hydrogens (tertiary/aromatic N) is 1. The predicted octanol–water partition coefficient (Wildman–Crippen LogP) is 4.22. The van der Waals surface area contributed by atoms with Gasteiger partial charge in [-0.3, -0.25) is 9.59 Å². The molecule has 0 fully saturated rings. The summed E-state index contributed by atoms with van der Waals surface area (Å²) in [5.41, 5.74) is 1.63. The zero-order valence-corrected chi connectivity index (χ0v) is 18.6. The number of imide groups is 1. The van der Waals surface area contributed by atoms with E-state index in [9.17, 15) is 24.3 Å². The van der Waals surface area contributed by atoms with Crippen molar-refractivity contribution in [2.45, 2.75) is 20.0 Å². The molecule has 0 radical (unpaired) electrons. The van der Waals surface area contributed by atoms with Gasteiger partial charge in [0, 0.05) is 23.1 Å². The van der Waals surface area contributed by atoms with Crippen molar-refractivity contribution >= 4 is 34.4 Å². The number of carbonyl (C=O) groups is 3. The van der Waals surface area contributed by atoms with Crippen molar-refractivity contribution in [3.63, 3.8) is 0 Å². The monoisotopic (exact) mass is 469 g/mol. The summed E-state index contributed by atoms with van der Waals surface area (Å²) >= 11 is 0. The molecule has 4 aromatic rings. The summed E-state index contributed by atoms with van der Waals surface area (Å²) in [6, 6.07) is 16.9. The highest BCUT2D eigenvalue weighted by Gasteiger charge is 2.36. The van der Waals surface area contributed by atoms with E-state index >= 15 is 0 Å². The fraction of sp³-hybridized carbons (Fsp3) is 0.111. The minimum atomic E-state index is -0.695. The molecule has 1 aliphatic heterocycles. The minimum absolute atomic E-state index is 0.0160. The summed E-state index contributed by atoms with van der Waals surface area (Å²) in [5, 5.41) is 10.6. The van der Waals surface area contributed by atoms with Crippen molar-refractivity contribution in [2.24, 2.45) is 0 Å². The van der Waals surface area contributed by atoms with Crippen LogP contribution in [0.25, 0.3) is 11.0 Å². The quantitative estimate of drug-likeness (QED) is 0.264. The first-order valence-corrected chi connectivity index (χ1v) is 10.9. The van der Waals surface area contributed by atoms with Crippen LogP contribution in [0, 0.1) is 0 Å². The second-order valence-electron chi connectivity index (χ2n) is 8.04. The molecular weight excluding hydrogens is 450 g/mol. The molecule has 0 bridgehead atoms. The van der Waals surface area contributed by atoms with Crippen molar-refractivity contribution in [2.75, 3.05) is 4.90 Å². The van der Waals surface area contributed by atoms with Gasteiger partial charge in [0.2, 0.25) is 0 Å². The maximum atomic E-state index is 12.8. The first-order chi connectivity index (χ1) is 16.9. The van der Waals surface area contributed by atoms with Gasteiger partial charge < -0.3 is 14.3 Å². The van der Waals surface area contributed by atoms with Gasteiger partial charge in [0.15, 0.2) is 0 Å². The van der Waals surface area contributed by atoms with Gasteiger partial charge >= 0.3 is 11.6 Å². The third-order valence-corrected chi connectivity index (χ3v) is 5.90. The van der Waals surface area contributed by atoms with E-state index in [0.717, 1.165) is 4.90 Å². The van der Waals surface area contributed by atoms with E-state index in [1.165, 1.54) is 24.3 Å². The Morgan fingerprint density at radius 2 is 1.63 bits per heavy atom. The Morgan fingerprint density at radius 1 is 0.914 bits per heavy atom. The van der Waals surface area contributed by atoms with Crippen molar-refractivity contribution in [1.82, 2.24) is 0 Å². The molecule has 2 heterocycles. The number of rotatable bonds is 5. The highest BCUT2D eigenvalue weighted by Crippen LogP contribution is 2.30. The molecule has 0 unspecified atom stereocenters. The third kappa shape index (κ3) is 3.85. The number of aromatic hydroxyl groups is 1. The SMILES string of the molecule is CCc1cc2c(COC(=O)c3cccc(N4C(=O)c5ccccc5C4=O)c3)cc(=O)oc2cc1O. The van der Waals surface area contributed by atoms with E-state index in [1.54, 1.807) is 42.5 Å². The van der Waals surface area contributed by atoms with Crippen LogP contribution in [-0.2, 0) is 17.8 Å². The molecule has 0 saturated heterocycles. The number of aryl methyl sites for hydroxylation is 1. The van der Waals surface area contributed by atoms with E-state index in [2.05, 4.69) is 0 Å². The highest BCUT2D eigenvalue weighted by atomic mass is 16.5. The molecule has 0 atom stereocenters. The normalized spacial score (nSPS) is 12.8. The van der Waals surface area contributed by atoms with E-state index < -0.39 is 23.4 Å². The Labute approximate surface area is 199 Å². The summed E-state index contributed by atoms with van der Waals surface area (Å²) in [5.74, 6) is -1.61. The average molecular weight is 469 g/mol. The van der Waals surface area contributed by atoms with Crippen molar-refractivity contribution in [3.05, 3.63) is 105 Å². The Hall–Kier alpha value is -4.72. The summed E-state index contributed by atoms with van der Waals surface area (Å²) in [7, 11) is 0. The van der Waals surface area contributed by atoms with Gasteiger partial charge in [-0.1, -0.05) is 25.1 Å². The summed E-state index contributed by atoms with van der Waals surface area (Å²) in [6.45, 7) is 1.66. The van der Waals surface area contributed by atoms with E-state index in [4.69, 9.17) is 9.15 Å². The van der Waals surface area contributed by atoms with Crippen LogP contribution in [0.5, 0.6) is 5.75 Å². The van der Waals surface area contributed by atoms with Crippen LogP contribution in [0.4, 0.5) is 5.69 Å². The minimum Gasteiger partial charge on any atom is -0.508 e. The average Bonchev–Trinajstić information content (AvgIpc) is 3.11. The lowest BCUT2D eigenvalue weighted by atomic mass is 10.0. The number of esters is 1. The molecule has 35 heavy (non-hydrogen) atoms. The standard InChI is InChI=1S/C27H19NO7/c1-2-15-11-21-17(12-24(30)35-23(21)13-22(15)29)14-34-27(33)16-6-5-7-18(10-16)28-25(31)19-8-3-4-9-20(19)26(28)32/h3-13,29H,2,14H2,1H3. The molecule has 5 rings (SSSR count). The van der Waals surface area contributed by atoms with Crippen LogP contribution in [-0.4, -0.2) is 22.9 Å². The lowest BCUT2D eigenvalue weighted by Gasteiger charge is -2.15. The Kier molecular flexibility index (Phi) is 5.41. The van der Waals surface area contributed by atoms with Gasteiger partial charge in [-0.25, -0.2) is 14.5 Å². The lowest BCUT2D eigenvalue weighted by molar-refractivity contribution is 0.0473. The molecule has 0 aliphatic carbocycles. The second-order valence-corrected chi connectivity index (χ2v) is 8.04. The molecule has 174 valence electrons. The van der Waals surface area contributed by atoms with E-state index in [1.807, 2.05) is 6.92 Å². The number of fused-ring (bicyclic) bond motifs is 2. The smallest absolute Gasteiger partial charge is 0.338 e. The number of benzene rings is 3. The lowest BCUT2D eigenvalue weighted by Crippen LogP contribution is -2.29. The molecule has 0 saturated carbocycles. The van der Waals surface area contributed by atoms with Gasteiger partial charge in [-0.05, 0) is 48.4 Å². The zero-order valence-electron chi connectivity index (χ0n) is 18.6. The molecule has 1 aliphatic rings. The van der Waals surface area contributed by atoms with Crippen LogP contribution in [0.1, 0.15) is 49.1 Å². The van der Waals surface area contributed by atoms with E-state index in [-0.39, 0.29) is 29.2 Å². The topological polar surface area (TPSA) is 114 Å². The fourth-order valence-electron chi connectivity index (χ4n) is 4.13. The van der Waals surface area contributed by atoms with Crippen LogP contribution < -0.4 is 10.5 Å². The van der Waals surface area contributed by atoms with Crippen LogP contribution in [0.2, 0.25) is 0 Å². The molecule has 3 aromatic carbocycles. The number of hydrogen-bond donors (Lipinski definition) is 1. The number of phenolic OH excluding ortho intramolecular Hbond substituents is 1. The molecule has 1 N–H and O–H groups in total. The molecule has 2 amide bonds. The number of hydrogen-bond acceptors (Lipinski definition) is 7. The molecule has 8 heteroatoms. The summed E-state index contributed by atoms with van der Waals surface area (Å²) < 4.78 is 10.6.